The zero-order chi connectivity index (χ0) is 13.3. The van der Waals surface area contributed by atoms with Crippen molar-refractivity contribution in [2.45, 2.75) is 32.2 Å². The molecule has 0 spiro atoms. The smallest absolute Gasteiger partial charge is 0.165 e. The summed E-state index contributed by atoms with van der Waals surface area (Å²) in [5.41, 5.74) is 0.276. The molecule has 3 unspecified atom stereocenters. The molecule has 0 amide bonds. The van der Waals surface area contributed by atoms with Crippen molar-refractivity contribution in [2.24, 2.45) is 11.8 Å². The third-order valence-electron chi connectivity index (χ3n) is 3.91. The van der Waals surface area contributed by atoms with Crippen LogP contribution in [0, 0.1) is 23.5 Å². The van der Waals surface area contributed by atoms with Crippen LogP contribution in [0.4, 0.5) is 8.78 Å². The summed E-state index contributed by atoms with van der Waals surface area (Å²) in [6, 6.07) is 2.29. The SMILES string of the molecule is CNC(c1c(Cl)ccc(F)c1F)C1CCC(C)C1. The Balaban J connectivity index is 2.36. The van der Waals surface area contributed by atoms with Gasteiger partial charge < -0.3 is 5.32 Å². The molecule has 3 atom stereocenters. The van der Waals surface area contributed by atoms with E-state index in [0.29, 0.717) is 16.9 Å². The molecule has 0 radical (unpaired) electrons. The van der Waals surface area contributed by atoms with Gasteiger partial charge in [0.05, 0.1) is 0 Å². The van der Waals surface area contributed by atoms with Crippen molar-refractivity contribution in [3.63, 3.8) is 0 Å². The minimum Gasteiger partial charge on any atom is -0.313 e. The van der Waals surface area contributed by atoms with E-state index in [9.17, 15) is 8.78 Å². The van der Waals surface area contributed by atoms with Crippen LogP contribution in [-0.2, 0) is 0 Å². The zero-order valence-electron chi connectivity index (χ0n) is 10.6. The van der Waals surface area contributed by atoms with E-state index in [4.69, 9.17) is 11.6 Å². The summed E-state index contributed by atoms with van der Waals surface area (Å²) in [6.07, 6.45) is 3.19. The Hall–Kier alpha value is -0.670. The number of hydrogen-bond acceptors (Lipinski definition) is 1. The number of benzene rings is 1. The van der Waals surface area contributed by atoms with Gasteiger partial charge in [-0.3, -0.25) is 0 Å². The highest BCUT2D eigenvalue weighted by Gasteiger charge is 2.32. The van der Waals surface area contributed by atoms with Gasteiger partial charge in [0, 0.05) is 16.6 Å². The van der Waals surface area contributed by atoms with Gasteiger partial charge in [-0.15, -0.1) is 0 Å². The Bertz CT molecular complexity index is 436. The molecular weight excluding hydrogens is 256 g/mol. The van der Waals surface area contributed by atoms with Crippen molar-refractivity contribution in [2.75, 3.05) is 7.05 Å². The van der Waals surface area contributed by atoms with Crippen LogP contribution in [0.25, 0.3) is 0 Å². The standard InChI is InChI=1S/C14H18ClF2N/c1-8-3-4-9(7-8)14(18-2)12-10(15)5-6-11(16)13(12)17/h5-6,8-9,14,18H,3-4,7H2,1-2H3. The molecule has 0 bridgehead atoms. The third-order valence-corrected chi connectivity index (χ3v) is 4.24. The predicted molar refractivity (Wildman–Crippen MR) is 69.7 cm³/mol. The van der Waals surface area contributed by atoms with E-state index in [0.717, 1.165) is 25.3 Å². The highest BCUT2D eigenvalue weighted by molar-refractivity contribution is 6.31. The summed E-state index contributed by atoms with van der Waals surface area (Å²) in [6.45, 7) is 2.19. The van der Waals surface area contributed by atoms with Crippen LogP contribution < -0.4 is 5.32 Å². The van der Waals surface area contributed by atoms with Gasteiger partial charge in [-0.1, -0.05) is 24.9 Å². The van der Waals surface area contributed by atoms with Crippen molar-refractivity contribution in [3.05, 3.63) is 34.4 Å². The second-order valence-corrected chi connectivity index (χ2v) is 5.61. The van der Waals surface area contributed by atoms with E-state index < -0.39 is 11.6 Å². The largest absolute Gasteiger partial charge is 0.313 e. The molecule has 18 heavy (non-hydrogen) atoms. The maximum atomic E-state index is 14.0. The Labute approximate surface area is 112 Å². The first-order valence-corrected chi connectivity index (χ1v) is 6.73. The first-order valence-electron chi connectivity index (χ1n) is 6.35. The molecule has 0 heterocycles. The second-order valence-electron chi connectivity index (χ2n) is 5.20. The number of rotatable bonds is 3. The summed E-state index contributed by atoms with van der Waals surface area (Å²) in [7, 11) is 1.77. The molecule has 0 aliphatic heterocycles. The lowest BCUT2D eigenvalue weighted by atomic mass is 9.90. The van der Waals surface area contributed by atoms with Gasteiger partial charge in [-0.2, -0.15) is 0 Å². The van der Waals surface area contributed by atoms with Gasteiger partial charge in [0.25, 0.3) is 0 Å². The number of nitrogens with one attached hydrogen (secondary N) is 1. The molecule has 100 valence electrons. The number of halogens is 3. The van der Waals surface area contributed by atoms with Crippen molar-refractivity contribution in [1.82, 2.24) is 5.32 Å². The topological polar surface area (TPSA) is 12.0 Å². The minimum absolute atomic E-state index is 0.210. The minimum atomic E-state index is -0.833. The molecule has 1 aromatic carbocycles. The van der Waals surface area contributed by atoms with Crippen LogP contribution in [0.3, 0.4) is 0 Å². The summed E-state index contributed by atoms with van der Waals surface area (Å²) in [4.78, 5) is 0. The summed E-state index contributed by atoms with van der Waals surface area (Å²) < 4.78 is 27.3. The molecule has 4 heteroatoms. The first-order chi connectivity index (χ1) is 8.54. The van der Waals surface area contributed by atoms with Gasteiger partial charge >= 0.3 is 0 Å². The maximum absolute atomic E-state index is 14.0. The maximum Gasteiger partial charge on any atom is 0.165 e. The Morgan fingerprint density at radius 2 is 2.06 bits per heavy atom. The van der Waals surface area contributed by atoms with Crippen LogP contribution in [0.15, 0.2) is 12.1 Å². The number of hydrogen-bond donors (Lipinski definition) is 1. The fourth-order valence-electron chi connectivity index (χ4n) is 3.00. The molecular formula is C14H18ClF2N. The molecule has 1 fully saturated rings. The molecule has 1 saturated carbocycles. The van der Waals surface area contributed by atoms with Crippen molar-refractivity contribution < 1.29 is 8.78 Å². The van der Waals surface area contributed by atoms with E-state index in [1.54, 1.807) is 7.05 Å². The van der Waals surface area contributed by atoms with Crippen molar-refractivity contribution in [1.29, 1.82) is 0 Å². The van der Waals surface area contributed by atoms with Crippen molar-refractivity contribution in [3.8, 4) is 0 Å². The molecule has 0 saturated heterocycles. The molecule has 1 nitrogen and oxygen atoms in total. The molecule has 1 aromatic rings. The van der Waals surface area contributed by atoms with Gasteiger partial charge in [-0.05, 0) is 43.9 Å². The fourth-order valence-corrected chi connectivity index (χ4v) is 3.26. The highest BCUT2D eigenvalue weighted by Crippen LogP contribution is 2.41. The molecule has 1 aliphatic carbocycles. The van der Waals surface area contributed by atoms with Crippen LogP contribution in [0.5, 0.6) is 0 Å². The zero-order valence-corrected chi connectivity index (χ0v) is 11.4. The Kier molecular flexibility index (Phi) is 4.23. The van der Waals surface area contributed by atoms with E-state index >= 15 is 0 Å². The third kappa shape index (κ3) is 2.52. The van der Waals surface area contributed by atoms with Crippen molar-refractivity contribution >= 4 is 11.6 Å². The summed E-state index contributed by atoms with van der Waals surface area (Å²) >= 11 is 6.04. The second kappa shape index (κ2) is 5.54. The van der Waals surface area contributed by atoms with Crippen LogP contribution in [0.1, 0.15) is 37.8 Å². The fraction of sp³-hybridized carbons (Fsp3) is 0.571. The monoisotopic (exact) mass is 273 g/mol. The van der Waals surface area contributed by atoms with Crippen LogP contribution in [-0.4, -0.2) is 7.05 Å². The summed E-state index contributed by atoms with van der Waals surface area (Å²) in [5.74, 6) is -0.692. The van der Waals surface area contributed by atoms with Gasteiger partial charge in [0.1, 0.15) is 0 Å². The van der Waals surface area contributed by atoms with Gasteiger partial charge in [-0.25, -0.2) is 8.78 Å². The molecule has 1 aliphatic rings. The first kappa shape index (κ1) is 13.8. The molecule has 1 N–H and O–H groups in total. The Morgan fingerprint density at radius 3 is 2.61 bits per heavy atom. The molecule has 0 aromatic heterocycles. The lowest BCUT2D eigenvalue weighted by Crippen LogP contribution is -2.25. The Morgan fingerprint density at radius 1 is 1.33 bits per heavy atom. The van der Waals surface area contributed by atoms with E-state index in [-0.39, 0.29) is 11.6 Å². The highest BCUT2D eigenvalue weighted by atomic mass is 35.5. The van der Waals surface area contributed by atoms with E-state index in [2.05, 4.69) is 12.2 Å². The average Bonchev–Trinajstić information content (AvgIpc) is 2.76. The van der Waals surface area contributed by atoms with Gasteiger partial charge in [0.2, 0.25) is 0 Å². The molecule has 2 rings (SSSR count). The van der Waals surface area contributed by atoms with Gasteiger partial charge in [0.15, 0.2) is 11.6 Å². The summed E-state index contributed by atoms with van der Waals surface area (Å²) in [5, 5.41) is 3.40. The van der Waals surface area contributed by atoms with E-state index in [1.807, 2.05) is 0 Å². The van der Waals surface area contributed by atoms with Crippen LogP contribution >= 0.6 is 11.6 Å². The normalized spacial score (nSPS) is 25.4. The van der Waals surface area contributed by atoms with E-state index in [1.165, 1.54) is 6.07 Å². The predicted octanol–water partition coefficient (Wildman–Crippen LogP) is 4.31. The average molecular weight is 274 g/mol. The lowest BCUT2D eigenvalue weighted by Gasteiger charge is -2.25. The quantitative estimate of drug-likeness (QED) is 0.809. The lowest BCUT2D eigenvalue weighted by molar-refractivity contribution is 0.362. The van der Waals surface area contributed by atoms with Crippen LogP contribution in [0.2, 0.25) is 5.02 Å².